The summed E-state index contributed by atoms with van der Waals surface area (Å²) in [4.78, 5) is 0. The van der Waals surface area contributed by atoms with Gasteiger partial charge in [-0.3, -0.25) is 0 Å². The monoisotopic (exact) mass is 667 g/mol. The Morgan fingerprint density at radius 2 is 1.80 bits per heavy atom. The van der Waals surface area contributed by atoms with Gasteiger partial charge in [0.2, 0.25) is 0 Å². The first-order chi connectivity index (χ1) is 23.8. The van der Waals surface area contributed by atoms with Crippen LogP contribution in [0.2, 0.25) is 0 Å². The normalized spacial score (nSPS) is 18.3. The van der Waals surface area contributed by atoms with Crippen LogP contribution >= 0.6 is 0 Å². The highest BCUT2D eigenvalue weighted by molar-refractivity contribution is 5.85. The predicted octanol–water partition coefficient (Wildman–Crippen LogP) is 9.03. The molecule has 3 aromatic carbocycles. The number of hydrogen-bond donors (Lipinski definition) is 2. The summed E-state index contributed by atoms with van der Waals surface area (Å²) in [5, 5.41) is 15.1. The molecule has 5 unspecified atom stereocenters. The van der Waals surface area contributed by atoms with Crippen LogP contribution in [0.5, 0.6) is 0 Å². The Kier molecular flexibility index (Phi) is 20.3. The Morgan fingerprint density at radius 3 is 2.45 bits per heavy atom. The second-order valence-corrected chi connectivity index (χ2v) is 11.8. The third-order valence-electron chi connectivity index (χ3n) is 8.10. The average molecular weight is 668 g/mol. The lowest BCUT2D eigenvalue weighted by Gasteiger charge is -2.27. The molecule has 6 heteroatoms. The molecule has 0 spiro atoms. The molecular formula is C43H57NO5. The largest absolute Gasteiger partial charge is 0.394 e. The van der Waals surface area contributed by atoms with Crippen molar-refractivity contribution >= 4 is 10.8 Å². The second-order valence-electron chi connectivity index (χ2n) is 11.8. The topological polar surface area (TPSA) is 69.2 Å². The Hall–Kier alpha value is -4.00. The summed E-state index contributed by atoms with van der Waals surface area (Å²) in [7, 11) is 3.50. The van der Waals surface area contributed by atoms with Gasteiger partial charge in [0.1, 0.15) is 12.2 Å². The number of methoxy groups -OCH3 is 1. The van der Waals surface area contributed by atoms with E-state index in [0.717, 1.165) is 36.9 Å². The predicted molar refractivity (Wildman–Crippen MR) is 204 cm³/mol. The third kappa shape index (κ3) is 15.4. The molecule has 1 fully saturated rings. The molecule has 0 aliphatic carbocycles. The molecule has 4 rings (SSSR count). The van der Waals surface area contributed by atoms with Gasteiger partial charge in [-0.15, -0.1) is 5.73 Å². The van der Waals surface area contributed by atoms with E-state index < -0.39 is 6.29 Å². The van der Waals surface area contributed by atoms with Crippen molar-refractivity contribution in [1.82, 2.24) is 5.32 Å². The van der Waals surface area contributed by atoms with Gasteiger partial charge in [-0.25, -0.2) is 0 Å². The summed E-state index contributed by atoms with van der Waals surface area (Å²) >= 11 is 0. The number of aliphatic hydroxyl groups excluding tert-OH is 1. The molecule has 0 aromatic heterocycles. The number of ether oxygens (including phenoxy) is 4. The number of allylic oxidation sites excluding steroid dienone is 7. The molecule has 0 bridgehead atoms. The quantitative estimate of drug-likeness (QED) is 0.117. The summed E-state index contributed by atoms with van der Waals surface area (Å²) in [6, 6.07) is 24.8. The molecule has 1 saturated heterocycles. The average Bonchev–Trinajstić information content (AvgIpc) is 3.50. The molecule has 1 aliphatic rings. The lowest BCUT2D eigenvalue weighted by atomic mass is 10.0. The minimum atomic E-state index is -0.423. The molecule has 0 radical (unpaired) electrons. The lowest BCUT2D eigenvalue weighted by Crippen LogP contribution is -2.39. The number of hydrogen-bond acceptors (Lipinski definition) is 6. The zero-order valence-electron chi connectivity index (χ0n) is 30.1. The van der Waals surface area contributed by atoms with E-state index in [9.17, 15) is 5.11 Å². The second kappa shape index (κ2) is 24.2. The lowest BCUT2D eigenvalue weighted by molar-refractivity contribution is -0.203. The highest BCUT2D eigenvalue weighted by Gasteiger charge is 2.37. The van der Waals surface area contributed by atoms with Crippen LogP contribution < -0.4 is 5.32 Å². The van der Waals surface area contributed by atoms with Crippen molar-refractivity contribution < 1.29 is 24.1 Å². The van der Waals surface area contributed by atoms with Gasteiger partial charge in [-0.1, -0.05) is 117 Å². The number of benzene rings is 3. The fourth-order valence-electron chi connectivity index (χ4n) is 5.05. The van der Waals surface area contributed by atoms with Crippen LogP contribution in [0.15, 0.2) is 140 Å². The summed E-state index contributed by atoms with van der Waals surface area (Å²) in [5.74, 6) is 0. The first kappa shape index (κ1) is 41.2. The molecule has 3 aromatic rings. The molecule has 1 aliphatic heterocycles. The van der Waals surface area contributed by atoms with Crippen molar-refractivity contribution in [3.63, 3.8) is 0 Å². The van der Waals surface area contributed by atoms with Gasteiger partial charge in [-0.05, 0) is 73.6 Å². The Labute approximate surface area is 295 Å². The molecule has 0 amide bonds. The van der Waals surface area contributed by atoms with E-state index in [1.807, 2.05) is 82.5 Å². The van der Waals surface area contributed by atoms with E-state index in [4.69, 9.17) is 18.9 Å². The van der Waals surface area contributed by atoms with Gasteiger partial charge < -0.3 is 29.4 Å². The summed E-state index contributed by atoms with van der Waals surface area (Å²) < 4.78 is 22.8. The Morgan fingerprint density at radius 1 is 1.08 bits per heavy atom. The SMILES string of the molecule is C=C/C(=C\C=C/C)CCC(=C)NC.C=C=CCc1cccc2ccccc12.COC(C)C(CO)OC1CC(C)OC1OCc1ccccc1. The molecule has 5 atom stereocenters. The zero-order valence-corrected chi connectivity index (χ0v) is 30.1. The highest BCUT2D eigenvalue weighted by Crippen LogP contribution is 2.27. The standard InChI is InChI=1S/C17H26O5.C14H12.C12H19N/c1-12-9-15(22-16(10-18)13(2)19-3)17(21-12)20-11-14-7-5-4-6-8-14;1-2-3-7-12-9-6-10-13-8-4-5-11-14(12)13;1-5-7-8-12(6-2)10-9-11(3)13-4/h4-8,12-13,15-18H,9-11H2,1-3H3;3-6,8-11H,1,7H2;5-8,13H,2-3,9-10H2,1,4H3/b;;7-5-,12-8+. The Balaban J connectivity index is 0.000000269. The maximum absolute atomic E-state index is 9.46. The number of fused-ring (bicyclic) bond motifs is 1. The van der Waals surface area contributed by atoms with Gasteiger partial charge in [0, 0.05) is 26.3 Å². The van der Waals surface area contributed by atoms with Crippen LogP contribution in [0.1, 0.15) is 51.2 Å². The minimum absolute atomic E-state index is 0.0722. The maximum Gasteiger partial charge on any atom is 0.184 e. The maximum atomic E-state index is 9.46. The van der Waals surface area contributed by atoms with Crippen LogP contribution in [0.25, 0.3) is 10.8 Å². The van der Waals surface area contributed by atoms with Gasteiger partial charge in [0.25, 0.3) is 0 Å². The van der Waals surface area contributed by atoms with E-state index in [1.54, 1.807) is 7.11 Å². The summed E-state index contributed by atoms with van der Waals surface area (Å²) in [6.45, 7) is 17.5. The van der Waals surface area contributed by atoms with Gasteiger partial charge in [0.05, 0.1) is 25.4 Å². The third-order valence-corrected chi connectivity index (χ3v) is 8.10. The minimum Gasteiger partial charge on any atom is -0.394 e. The molecule has 264 valence electrons. The van der Waals surface area contributed by atoms with Gasteiger partial charge >= 0.3 is 0 Å². The molecule has 0 saturated carbocycles. The highest BCUT2D eigenvalue weighted by atomic mass is 16.7. The van der Waals surface area contributed by atoms with Crippen molar-refractivity contribution in [3.05, 3.63) is 151 Å². The molecule has 1 heterocycles. The summed E-state index contributed by atoms with van der Waals surface area (Å²) in [5.41, 5.74) is 7.54. The van der Waals surface area contributed by atoms with Crippen LogP contribution in [-0.4, -0.2) is 56.6 Å². The van der Waals surface area contributed by atoms with Gasteiger partial charge in [-0.2, -0.15) is 0 Å². The molecule has 49 heavy (non-hydrogen) atoms. The van der Waals surface area contributed by atoms with E-state index in [-0.39, 0.29) is 31.0 Å². The van der Waals surface area contributed by atoms with Crippen molar-refractivity contribution in [2.75, 3.05) is 20.8 Å². The number of nitrogens with one attached hydrogen (secondary N) is 1. The molecule has 6 nitrogen and oxygen atoms in total. The molecule has 2 N–H and O–H groups in total. The van der Waals surface area contributed by atoms with E-state index >= 15 is 0 Å². The first-order valence-corrected chi connectivity index (χ1v) is 17.0. The fourth-order valence-corrected chi connectivity index (χ4v) is 5.05. The first-order valence-electron chi connectivity index (χ1n) is 17.0. The van der Waals surface area contributed by atoms with Crippen LogP contribution in [-0.2, 0) is 32.0 Å². The van der Waals surface area contributed by atoms with Gasteiger partial charge in [0.15, 0.2) is 6.29 Å². The zero-order chi connectivity index (χ0) is 35.9. The van der Waals surface area contributed by atoms with Crippen molar-refractivity contribution in [3.8, 4) is 0 Å². The van der Waals surface area contributed by atoms with E-state index in [2.05, 4.69) is 79.3 Å². The van der Waals surface area contributed by atoms with Crippen molar-refractivity contribution in [1.29, 1.82) is 0 Å². The van der Waals surface area contributed by atoms with Crippen molar-refractivity contribution in [2.24, 2.45) is 0 Å². The molecular weight excluding hydrogens is 610 g/mol. The Bertz CT molecular complexity index is 1490. The fraction of sp³-hybridized carbons (Fsp3) is 0.372. The van der Waals surface area contributed by atoms with Crippen LogP contribution in [0.3, 0.4) is 0 Å². The van der Waals surface area contributed by atoms with Crippen molar-refractivity contribution in [2.45, 2.75) is 83.8 Å². The van der Waals surface area contributed by atoms with Crippen LogP contribution in [0, 0.1) is 0 Å². The number of rotatable bonds is 16. The summed E-state index contributed by atoms with van der Waals surface area (Å²) in [6.07, 6.45) is 12.5. The van der Waals surface area contributed by atoms with E-state index in [1.165, 1.54) is 21.9 Å². The van der Waals surface area contributed by atoms with Crippen LogP contribution in [0.4, 0.5) is 0 Å². The van der Waals surface area contributed by atoms with E-state index in [0.29, 0.717) is 6.61 Å². The smallest absolute Gasteiger partial charge is 0.184 e. The number of aliphatic hydroxyl groups is 1.